The van der Waals surface area contributed by atoms with Crippen LogP contribution in [0.5, 0.6) is 11.6 Å². The van der Waals surface area contributed by atoms with Gasteiger partial charge >= 0.3 is 0 Å². The number of ether oxygens (including phenoxy) is 1. The van der Waals surface area contributed by atoms with Gasteiger partial charge in [0.25, 0.3) is 0 Å². The summed E-state index contributed by atoms with van der Waals surface area (Å²) in [6.07, 6.45) is 3.44. The van der Waals surface area contributed by atoms with Gasteiger partial charge in [0.05, 0.1) is 32.2 Å². The minimum absolute atomic E-state index is 0.0578. The molecule has 0 aliphatic heterocycles. The van der Waals surface area contributed by atoms with Crippen LogP contribution in [0.4, 0.5) is 11.6 Å². The number of nitriles is 2. The molecule has 0 bridgehead atoms. The van der Waals surface area contributed by atoms with Crippen molar-refractivity contribution in [3.05, 3.63) is 67.9 Å². The predicted octanol–water partition coefficient (Wildman–Crippen LogP) is 6.33. The highest BCUT2D eigenvalue weighted by Crippen LogP contribution is 2.46. The first-order chi connectivity index (χ1) is 15.0. The number of halogens is 2. The fraction of sp³-hybridized carbons (Fsp3) is 0.217. The van der Waals surface area contributed by atoms with E-state index in [9.17, 15) is 5.26 Å². The van der Waals surface area contributed by atoms with Gasteiger partial charge in [-0.3, -0.25) is 0 Å². The molecular weight excluding hydrogens is 525 g/mol. The van der Waals surface area contributed by atoms with E-state index >= 15 is 0 Å². The lowest BCUT2D eigenvalue weighted by atomic mass is 9.90. The van der Waals surface area contributed by atoms with Gasteiger partial charge in [-0.25, -0.2) is 4.98 Å². The van der Waals surface area contributed by atoms with Gasteiger partial charge in [-0.05, 0) is 83.8 Å². The fourth-order valence-electron chi connectivity index (χ4n) is 3.72. The SMILES string of the molecule is CC(C#N)C1CCc2c1cc(Cl)c(Oc1ccnc(Nc3ccc(C#N)cc3)n1)c2I. The number of nitrogens with zero attached hydrogens (tertiary/aromatic N) is 4. The number of hydrogen-bond acceptors (Lipinski definition) is 6. The number of anilines is 2. The van der Waals surface area contributed by atoms with Crippen molar-refractivity contribution in [1.82, 2.24) is 9.97 Å². The van der Waals surface area contributed by atoms with Crippen LogP contribution >= 0.6 is 34.2 Å². The van der Waals surface area contributed by atoms with Crippen LogP contribution in [0.15, 0.2) is 42.6 Å². The molecule has 2 atom stereocenters. The van der Waals surface area contributed by atoms with Gasteiger partial charge in [0, 0.05) is 23.9 Å². The van der Waals surface area contributed by atoms with E-state index in [1.807, 2.05) is 13.0 Å². The van der Waals surface area contributed by atoms with E-state index in [1.165, 1.54) is 5.56 Å². The summed E-state index contributed by atoms with van der Waals surface area (Å²) >= 11 is 8.84. The summed E-state index contributed by atoms with van der Waals surface area (Å²) < 4.78 is 7.02. The second-order valence-electron chi connectivity index (χ2n) is 7.27. The monoisotopic (exact) mass is 541 g/mol. The van der Waals surface area contributed by atoms with E-state index in [1.54, 1.807) is 36.5 Å². The summed E-state index contributed by atoms with van der Waals surface area (Å²) in [6.45, 7) is 1.95. The third-order valence-corrected chi connectivity index (χ3v) is 6.75. The molecule has 1 aliphatic rings. The van der Waals surface area contributed by atoms with Crippen LogP contribution in [-0.2, 0) is 6.42 Å². The maximum atomic E-state index is 9.32. The average molecular weight is 542 g/mol. The topological polar surface area (TPSA) is 94.6 Å². The van der Waals surface area contributed by atoms with Gasteiger partial charge in [0.2, 0.25) is 11.8 Å². The van der Waals surface area contributed by atoms with Crippen LogP contribution in [0.3, 0.4) is 0 Å². The summed E-state index contributed by atoms with van der Waals surface area (Å²) in [7, 11) is 0. The number of rotatable bonds is 5. The van der Waals surface area contributed by atoms with Crippen molar-refractivity contribution in [3.8, 4) is 23.8 Å². The molecule has 3 aromatic rings. The number of nitrogens with one attached hydrogen (secondary N) is 1. The minimum Gasteiger partial charge on any atom is -0.436 e. The van der Waals surface area contributed by atoms with E-state index in [0.717, 1.165) is 27.7 Å². The van der Waals surface area contributed by atoms with Crippen LogP contribution in [0, 0.1) is 32.2 Å². The molecule has 154 valence electrons. The standard InChI is InChI=1S/C23H17ClIN5O/c1-13(11-26)16-6-7-17-18(16)10-19(24)22(21(17)25)31-20-8-9-28-23(30-20)29-15-4-2-14(12-27)3-5-15/h2-5,8-10,13,16H,6-7H2,1H3,(H,28,29,30). The van der Waals surface area contributed by atoms with Crippen LogP contribution in [0.2, 0.25) is 5.02 Å². The zero-order valence-corrected chi connectivity index (χ0v) is 19.5. The Hall–Kier alpha value is -2.88. The highest BCUT2D eigenvalue weighted by Gasteiger charge is 2.31. The third-order valence-electron chi connectivity index (χ3n) is 5.33. The Morgan fingerprint density at radius 3 is 2.74 bits per heavy atom. The van der Waals surface area contributed by atoms with Gasteiger partial charge in [0.15, 0.2) is 5.75 Å². The Kier molecular flexibility index (Phi) is 6.26. The van der Waals surface area contributed by atoms with Gasteiger partial charge in [-0.2, -0.15) is 15.5 Å². The Balaban J connectivity index is 1.58. The molecule has 0 saturated carbocycles. The van der Waals surface area contributed by atoms with Gasteiger partial charge in [-0.1, -0.05) is 11.6 Å². The average Bonchev–Trinajstić information content (AvgIpc) is 3.21. The van der Waals surface area contributed by atoms with E-state index in [0.29, 0.717) is 28.2 Å². The van der Waals surface area contributed by atoms with Crippen molar-refractivity contribution in [2.45, 2.75) is 25.7 Å². The second-order valence-corrected chi connectivity index (χ2v) is 8.75. The summed E-state index contributed by atoms with van der Waals surface area (Å²) in [5.74, 6) is 1.44. The molecular formula is C23H17ClIN5O. The Morgan fingerprint density at radius 2 is 2.03 bits per heavy atom. The largest absolute Gasteiger partial charge is 0.436 e. The smallest absolute Gasteiger partial charge is 0.230 e. The zero-order chi connectivity index (χ0) is 22.0. The van der Waals surface area contributed by atoms with Gasteiger partial charge in [-0.15, -0.1) is 0 Å². The van der Waals surface area contributed by atoms with E-state index < -0.39 is 0 Å². The van der Waals surface area contributed by atoms with Crippen molar-refractivity contribution in [3.63, 3.8) is 0 Å². The highest BCUT2D eigenvalue weighted by molar-refractivity contribution is 14.1. The molecule has 0 fully saturated rings. The second kappa shape index (κ2) is 9.09. The molecule has 4 rings (SSSR count). The van der Waals surface area contributed by atoms with Crippen molar-refractivity contribution in [1.29, 1.82) is 10.5 Å². The van der Waals surface area contributed by atoms with Gasteiger partial charge < -0.3 is 10.1 Å². The molecule has 0 spiro atoms. The Morgan fingerprint density at radius 1 is 1.26 bits per heavy atom. The number of benzene rings is 2. The first-order valence-corrected chi connectivity index (χ1v) is 11.1. The molecule has 2 aromatic carbocycles. The van der Waals surface area contributed by atoms with E-state index in [-0.39, 0.29) is 11.8 Å². The van der Waals surface area contributed by atoms with Gasteiger partial charge in [0.1, 0.15) is 0 Å². The van der Waals surface area contributed by atoms with Crippen LogP contribution in [0.1, 0.15) is 36.0 Å². The number of hydrogen-bond donors (Lipinski definition) is 1. The van der Waals surface area contributed by atoms with Crippen LogP contribution < -0.4 is 10.1 Å². The van der Waals surface area contributed by atoms with Crippen molar-refractivity contribution in [2.75, 3.05) is 5.32 Å². The van der Waals surface area contributed by atoms with E-state index in [2.05, 4.69) is 50.0 Å². The molecule has 1 aromatic heterocycles. The highest BCUT2D eigenvalue weighted by atomic mass is 127. The summed E-state index contributed by atoms with van der Waals surface area (Å²) in [5, 5.41) is 21.8. The van der Waals surface area contributed by atoms with Crippen molar-refractivity contribution < 1.29 is 4.74 Å². The van der Waals surface area contributed by atoms with E-state index in [4.69, 9.17) is 21.6 Å². The Labute approximate surface area is 199 Å². The molecule has 8 heteroatoms. The molecule has 0 amide bonds. The molecule has 1 N–H and O–H groups in total. The maximum absolute atomic E-state index is 9.32. The third kappa shape index (κ3) is 4.43. The zero-order valence-electron chi connectivity index (χ0n) is 16.6. The fourth-order valence-corrected chi connectivity index (χ4v) is 5.11. The lowest BCUT2D eigenvalue weighted by molar-refractivity contribution is 0.459. The number of fused-ring (bicyclic) bond motifs is 1. The predicted molar refractivity (Wildman–Crippen MR) is 127 cm³/mol. The lowest BCUT2D eigenvalue weighted by Gasteiger charge is -2.17. The van der Waals surface area contributed by atoms with Crippen molar-refractivity contribution in [2.24, 2.45) is 5.92 Å². The van der Waals surface area contributed by atoms with Crippen LogP contribution in [-0.4, -0.2) is 9.97 Å². The quantitative estimate of drug-likeness (QED) is 0.379. The molecule has 1 heterocycles. The molecule has 0 radical (unpaired) electrons. The molecule has 1 aliphatic carbocycles. The molecule has 31 heavy (non-hydrogen) atoms. The summed E-state index contributed by atoms with van der Waals surface area (Å²) in [4.78, 5) is 8.65. The Bertz CT molecular complexity index is 1220. The molecule has 2 unspecified atom stereocenters. The minimum atomic E-state index is -0.0578. The summed E-state index contributed by atoms with van der Waals surface area (Å²) in [6, 6.07) is 15.1. The molecule has 0 saturated heterocycles. The summed E-state index contributed by atoms with van der Waals surface area (Å²) in [5.41, 5.74) is 3.67. The normalized spacial score (nSPS) is 15.5. The van der Waals surface area contributed by atoms with Crippen molar-refractivity contribution >= 4 is 45.8 Å². The first-order valence-electron chi connectivity index (χ1n) is 9.68. The maximum Gasteiger partial charge on any atom is 0.230 e. The number of aromatic nitrogens is 2. The molecule has 6 nitrogen and oxygen atoms in total. The first kappa shape index (κ1) is 21.4. The van der Waals surface area contributed by atoms with Crippen LogP contribution in [0.25, 0.3) is 0 Å². The lowest BCUT2D eigenvalue weighted by Crippen LogP contribution is -2.05.